The molecule has 184 valence electrons. The fourth-order valence-corrected chi connectivity index (χ4v) is 4.85. The van der Waals surface area contributed by atoms with Crippen LogP contribution in [0.1, 0.15) is 22.3 Å². The van der Waals surface area contributed by atoms with E-state index in [0.29, 0.717) is 48.8 Å². The predicted octanol–water partition coefficient (Wildman–Crippen LogP) is 3.16. The van der Waals surface area contributed by atoms with Gasteiger partial charge in [0, 0.05) is 56.1 Å². The lowest BCUT2D eigenvalue weighted by atomic mass is 10.0. The molecule has 2 amide bonds. The Morgan fingerprint density at radius 1 is 0.971 bits per heavy atom. The summed E-state index contributed by atoms with van der Waals surface area (Å²) >= 11 is 0. The number of nitrogens with zero attached hydrogens (tertiary/aromatic N) is 4. The fourth-order valence-electron chi connectivity index (χ4n) is 4.85. The third kappa shape index (κ3) is 4.91. The van der Waals surface area contributed by atoms with Gasteiger partial charge in [-0.25, -0.2) is 4.39 Å². The zero-order valence-electron chi connectivity index (χ0n) is 18.4. The van der Waals surface area contributed by atoms with E-state index in [0.717, 1.165) is 6.07 Å². The number of hydrogen-bond acceptors (Lipinski definition) is 5. The Kier molecular flexibility index (Phi) is 5.81. The number of hydrogen-bond donors (Lipinski definition) is 1. The van der Waals surface area contributed by atoms with E-state index in [4.69, 9.17) is 0 Å². The Morgan fingerprint density at radius 3 is 2.34 bits per heavy atom. The van der Waals surface area contributed by atoms with Crippen LogP contribution in [-0.2, 0) is 11.2 Å². The second kappa shape index (κ2) is 8.82. The van der Waals surface area contributed by atoms with Crippen LogP contribution in [0, 0.1) is 17.7 Å². The summed E-state index contributed by atoms with van der Waals surface area (Å²) in [4.78, 5) is 29.1. The summed E-state index contributed by atoms with van der Waals surface area (Å²) in [6, 6.07) is 8.05. The Bertz CT molecular complexity index is 1260. The molecule has 2 fully saturated rings. The van der Waals surface area contributed by atoms with E-state index in [1.165, 1.54) is 6.07 Å². The van der Waals surface area contributed by atoms with Crippen LogP contribution in [0.3, 0.4) is 0 Å². The number of fused-ring (bicyclic) bond motifs is 2. The number of benzene rings is 2. The van der Waals surface area contributed by atoms with Crippen LogP contribution in [0.5, 0.6) is 5.75 Å². The van der Waals surface area contributed by atoms with Gasteiger partial charge >= 0.3 is 6.36 Å². The van der Waals surface area contributed by atoms with Gasteiger partial charge in [-0.15, -0.1) is 13.2 Å². The van der Waals surface area contributed by atoms with Gasteiger partial charge in [0.1, 0.15) is 22.6 Å². The van der Waals surface area contributed by atoms with Gasteiger partial charge < -0.3 is 14.5 Å². The van der Waals surface area contributed by atoms with Gasteiger partial charge in [-0.3, -0.25) is 9.59 Å². The summed E-state index contributed by atoms with van der Waals surface area (Å²) in [6.07, 6.45) is -4.79. The molecule has 3 aromatic rings. The lowest BCUT2D eigenvalue weighted by Crippen LogP contribution is -2.35. The molecule has 0 radical (unpaired) electrons. The molecular weight excluding hydrogens is 470 g/mol. The van der Waals surface area contributed by atoms with Crippen molar-refractivity contribution in [3.8, 4) is 5.75 Å². The van der Waals surface area contributed by atoms with Gasteiger partial charge in [-0.05, 0) is 36.2 Å². The normalized spacial score (nSPS) is 19.9. The average Bonchev–Trinajstić information content (AvgIpc) is 3.51. The number of halogens is 4. The van der Waals surface area contributed by atoms with E-state index in [9.17, 15) is 27.2 Å². The highest BCUT2D eigenvalue weighted by Gasteiger charge is 2.43. The molecule has 12 heteroatoms. The number of carbonyl (C=O) groups excluding carboxylic acids is 2. The zero-order valence-corrected chi connectivity index (χ0v) is 18.4. The topological polar surface area (TPSA) is 91.4 Å². The summed E-state index contributed by atoms with van der Waals surface area (Å²) in [5, 5.41) is 10.5. The Balaban J connectivity index is 1.13. The van der Waals surface area contributed by atoms with Crippen LogP contribution in [0.4, 0.5) is 17.6 Å². The van der Waals surface area contributed by atoms with E-state index in [2.05, 4.69) is 20.1 Å². The van der Waals surface area contributed by atoms with Gasteiger partial charge in [0.15, 0.2) is 0 Å². The van der Waals surface area contributed by atoms with E-state index >= 15 is 0 Å². The van der Waals surface area contributed by atoms with Crippen LogP contribution >= 0.6 is 0 Å². The quantitative estimate of drug-likeness (QED) is 0.554. The second-order valence-electron chi connectivity index (χ2n) is 8.86. The maximum absolute atomic E-state index is 14.1. The van der Waals surface area contributed by atoms with Crippen molar-refractivity contribution in [1.82, 2.24) is 25.2 Å². The molecular formula is C23H21F4N5O3. The number of carbonyl (C=O) groups is 2. The number of H-pyrrole nitrogens is 1. The maximum atomic E-state index is 14.1. The molecule has 8 nitrogen and oxygen atoms in total. The molecule has 0 saturated carbocycles. The van der Waals surface area contributed by atoms with Crippen molar-refractivity contribution in [1.29, 1.82) is 0 Å². The SMILES string of the molecule is O=C(CCc1ccc(OC(F)(F)F)cc1F)N1C[C@H]2CN(C(=O)c3ccc4n[nH]nc4c3)C[C@@H]2C1. The number of rotatable bonds is 5. The first-order valence-electron chi connectivity index (χ1n) is 11.1. The van der Waals surface area contributed by atoms with Crippen LogP contribution < -0.4 is 4.74 Å². The van der Waals surface area contributed by atoms with Crippen molar-refractivity contribution in [3.63, 3.8) is 0 Å². The van der Waals surface area contributed by atoms with Crippen molar-refractivity contribution >= 4 is 22.8 Å². The van der Waals surface area contributed by atoms with Crippen molar-refractivity contribution in [2.24, 2.45) is 11.8 Å². The van der Waals surface area contributed by atoms with E-state index in [1.54, 1.807) is 28.0 Å². The second-order valence-corrected chi connectivity index (χ2v) is 8.86. The van der Waals surface area contributed by atoms with Crippen molar-refractivity contribution < 1.29 is 31.9 Å². The number of aromatic amines is 1. The smallest absolute Gasteiger partial charge is 0.406 e. The Labute approximate surface area is 196 Å². The van der Waals surface area contributed by atoms with E-state index < -0.39 is 17.9 Å². The summed E-state index contributed by atoms with van der Waals surface area (Å²) < 4.78 is 54.7. The highest BCUT2D eigenvalue weighted by atomic mass is 19.4. The monoisotopic (exact) mass is 491 g/mol. The van der Waals surface area contributed by atoms with Crippen LogP contribution in [-0.4, -0.2) is 69.6 Å². The molecule has 0 bridgehead atoms. The number of aromatic nitrogens is 3. The molecule has 3 heterocycles. The number of ether oxygens (including phenoxy) is 1. The summed E-state index contributed by atoms with van der Waals surface area (Å²) in [6.45, 7) is 2.10. The standard InChI is InChI=1S/C23H21F4N5O3/c24-18-8-17(35-23(25,26)27)4-1-13(18)3-6-21(33)31-9-15-11-32(12-16(15)10-31)22(34)14-2-5-19-20(7-14)29-30-28-19/h1-2,4-5,7-8,15-16H,3,6,9-12H2,(H,28,29,30)/t15-,16-/m0/s1. The Hall–Kier alpha value is -3.70. The lowest BCUT2D eigenvalue weighted by molar-refractivity contribution is -0.274. The van der Waals surface area contributed by atoms with Crippen molar-refractivity contribution in [2.45, 2.75) is 19.2 Å². The molecule has 0 unspecified atom stereocenters. The molecule has 5 rings (SSSR count). The molecule has 35 heavy (non-hydrogen) atoms. The predicted molar refractivity (Wildman–Crippen MR) is 115 cm³/mol. The fraction of sp³-hybridized carbons (Fsp3) is 0.391. The van der Waals surface area contributed by atoms with Crippen LogP contribution in [0.25, 0.3) is 11.0 Å². The zero-order chi connectivity index (χ0) is 24.7. The van der Waals surface area contributed by atoms with Gasteiger partial charge in [0.25, 0.3) is 5.91 Å². The Morgan fingerprint density at radius 2 is 1.66 bits per heavy atom. The summed E-state index contributed by atoms with van der Waals surface area (Å²) in [5.41, 5.74) is 1.98. The minimum atomic E-state index is -4.90. The number of nitrogens with one attached hydrogen (secondary N) is 1. The molecule has 0 spiro atoms. The number of alkyl halides is 3. The first kappa shape index (κ1) is 23.1. The molecule has 2 aromatic carbocycles. The first-order valence-corrected chi connectivity index (χ1v) is 11.1. The van der Waals surface area contributed by atoms with Crippen LogP contribution in [0.15, 0.2) is 36.4 Å². The van der Waals surface area contributed by atoms with E-state index in [1.807, 2.05) is 0 Å². The van der Waals surface area contributed by atoms with Gasteiger partial charge in [0.2, 0.25) is 5.91 Å². The minimum absolute atomic E-state index is 0.0379. The largest absolute Gasteiger partial charge is 0.573 e. The van der Waals surface area contributed by atoms with Crippen molar-refractivity contribution in [2.75, 3.05) is 26.2 Å². The van der Waals surface area contributed by atoms with Gasteiger partial charge in [-0.2, -0.15) is 15.4 Å². The molecule has 2 aliphatic heterocycles. The molecule has 0 aliphatic carbocycles. The third-order valence-corrected chi connectivity index (χ3v) is 6.56. The lowest BCUT2D eigenvalue weighted by Gasteiger charge is -2.22. The number of aryl methyl sites for hydroxylation is 1. The van der Waals surface area contributed by atoms with Gasteiger partial charge in [-0.1, -0.05) is 6.07 Å². The van der Waals surface area contributed by atoms with Gasteiger partial charge in [0.05, 0.1) is 0 Å². The van der Waals surface area contributed by atoms with Crippen molar-refractivity contribution in [3.05, 3.63) is 53.3 Å². The summed E-state index contributed by atoms with van der Waals surface area (Å²) in [5.74, 6) is -1.41. The van der Waals surface area contributed by atoms with Crippen LogP contribution in [0.2, 0.25) is 0 Å². The molecule has 1 aromatic heterocycles. The molecule has 2 atom stereocenters. The molecule has 2 saturated heterocycles. The molecule has 2 aliphatic rings. The maximum Gasteiger partial charge on any atom is 0.573 e. The summed E-state index contributed by atoms with van der Waals surface area (Å²) in [7, 11) is 0. The highest BCUT2D eigenvalue weighted by Crippen LogP contribution is 2.33. The molecule has 1 N–H and O–H groups in total. The highest BCUT2D eigenvalue weighted by molar-refractivity contribution is 5.97. The number of likely N-dealkylation sites (tertiary alicyclic amines) is 2. The minimum Gasteiger partial charge on any atom is -0.406 e. The number of amides is 2. The van der Waals surface area contributed by atoms with E-state index in [-0.39, 0.29) is 42.1 Å². The average molecular weight is 491 g/mol. The third-order valence-electron chi connectivity index (χ3n) is 6.56. The first-order chi connectivity index (χ1) is 16.7.